The highest BCUT2D eigenvalue weighted by Crippen LogP contribution is 2.35. The fraction of sp³-hybridized carbons (Fsp3) is 0.533. The molecule has 4 heteroatoms. The molecular weight excluding hydrogens is 244 g/mol. The van der Waals surface area contributed by atoms with Crippen molar-refractivity contribution in [2.45, 2.75) is 38.2 Å². The number of fused-ring (bicyclic) bond motifs is 1. The van der Waals surface area contributed by atoms with Crippen LogP contribution in [0.1, 0.15) is 30.9 Å². The van der Waals surface area contributed by atoms with Crippen LogP contribution in [0, 0.1) is 0 Å². The van der Waals surface area contributed by atoms with E-state index in [2.05, 4.69) is 0 Å². The zero-order valence-electron chi connectivity index (χ0n) is 11.4. The number of hydrogen-bond acceptors (Lipinski definition) is 4. The zero-order chi connectivity index (χ0) is 13.9. The van der Waals surface area contributed by atoms with Crippen molar-refractivity contribution in [2.24, 2.45) is 0 Å². The third-order valence-electron chi connectivity index (χ3n) is 3.59. The Hall–Kier alpha value is -1.55. The second-order valence-electron chi connectivity index (χ2n) is 4.98. The van der Waals surface area contributed by atoms with Crippen molar-refractivity contribution >= 4 is 5.97 Å². The molecule has 104 valence electrons. The number of carbonyl (C=O) groups excluding carboxylic acids is 1. The molecule has 0 spiro atoms. The van der Waals surface area contributed by atoms with Gasteiger partial charge in [-0.3, -0.25) is 4.79 Å². The average Bonchev–Trinajstić information content (AvgIpc) is 2.37. The Kier molecular flexibility index (Phi) is 4.10. The van der Waals surface area contributed by atoms with Gasteiger partial charge in [0.1, 0.15) is 5.75 Å². The summed E-state index contributed by atoms with van der Waals surface area (Å²) in [5.74, 6) is 0.520. The van der Waals surface area contributed by atoms with Gasteiger partial charge in [0.25, 0.3) is 0 Å². The molecule has 0 saturated carbocycles. The van der Waals surface area contributed by atoms with Crippen LogP contribution in [-0.2, 0) is 22.4 Å². The molecule has 0 radical (unpaired) electrons. The fourth-order valence-corrected chi connectivity index (χ4v) is 2.68. The Labute approximate surface area is 113 Å². The van der Waals surface area contributed by atoms with E-state index in [0.29, 0.717) is 19.4 Å². The van der Waals surface area contributed by atoms with Gasteiger partial charge in [0, 0.05) is 6.42 Å². The molecule has 4 nitrogen and oxygen atoms in total. The number of ether oxygens (including phenoxy) is 2. The lowest BCUT2D eigenvalue weighted by molar-refractivity contribution is -0.149. The molecule has 1 aliphatic rings. The summed E-state index contributed by atoms with van der Waals surface area (Å²) in [6, 6.07) is 5.81. The predicted octanol–water partition coefficient (Wildman–Crippen LogP) is 1.87. The predicted molar refractivity (Wildman–Crippen MR) is 71.2 cm³/mol. The topological polar surface area (TPSA) is 55.8 Å². The maximum absolute atomic E-state index is 11.5. The molecule has 0 bridgehead atoms. The maximum Gasteiger partial charge on any atom is 0.308 e. The van der Waals surface area contributed by atoms with Crippen LogP contribution in [-0.4, -0.2) is 30.4 Å². The minimum absolute atomic E-state index is 0.0531. The first kappa shape index (κ1) is 13.9. The van der Waals surface area contributed by atoms with Gasteiger partial charge < -0.3 is 14.6 Å². The maximum atomic E-state index is 11.5. The molecule has 0 saturated heterocycles. The quantitative estimate of drug-likeness (QED) is 0.843. The van der Waals surface area contributed by atoms with Crippen LogP contribution < -0.4 is 4.74 Å². The second kappa shape index (κ2) is 5.61. The van der Waals surface area contributed by atoms with E-state index in [9.17, 15) is 9.90 Å². The largest absolute Gasteiger partial charge is 0.496 e. The summed E-state index contributed by atoms with van der Waals surface area (Å²) in [6.07, 6.45) is 1.80. The van der Waals surface area contributed by atoms with E-state index in [1.807, 2.05) is 18.2 Å². The van der Waals surface area contributed by atoms with Crippen LogP contribution in [0.25, 0.3) is 0 Å². The molecule has 19 heavy (non-hydrogen) atoms. The molecule has 1 aromatic rings. The van der Waals surface area contributed by atoms with Gasteiger partial charge in [0.05, 0.1) is 25.7 Å². The normalized spacial score (nSPS) is 21.6. The van der Waals surface area contributed by atoms with Gasteiger partial charge in [0.2, 0.25) is 0 Å². The van der Waals surface area contributed by atoms with Crippen LogP contribution in [0.15, 0.2) is 18.2 Å². The molecule has 0 amide bonds. The molecule has 0 unspecified atom stereocenters. The Balaban J connectivity index is 2.15. The van der Waals surface area contributed by atoms with Crippen molar-refractivity contribution in [1.82, 2.24) is 0 Å². The molecule has 0 aliphatic heterocycles. The molecule has 0 aromatic heterocycles. The van der Waals surface area contributed by atoms with Crippen LogP contribution in [0.5, 0.6) is 5.75 Å². The Morgan fingerprint density at radius 2 is 2.26 bits per heavy atom. The van der Waals surface area contributed by atoms with Crippen LogP contribution in [0.2, 0.25) is 0 Å². The summed E-state index contributed by atoms with van der Waals surface area (Å²) in [5.41, 5.74) is 1.20. The monoisotopic (exact) mass is 264 g/mol. The highest BCUT2D eigenvalue weighted by molar-refractivity contribution is 5.71. The van der Waals surface area contributed by atoms with Crippen molar-refractivity contribution in [3.8, 4) is 5.75 Å². The van der Waals surface area contributed by atoms with Gasteiger partial charge in [-0.2, -0.15) is 0 Å². The first-order valence-corrected chi connectivity index (χ1v) is 6.61. The summed E-state index contributed by atoms with van der Waals surface area (Å²) >= 11 is 0. The molecule has 1 aromatic carbocycles. The lowest BCUT2D eigenvalue weighted by Gasteiger charge is -2.33. The van der Waals surface area contributed by atoms with Crippen molar-refractivity contribution in [3.63, 3.8) is 0 Å². The van der Waals surface area contributed by atoms with Gasteiger partial charge in [-0.05, 0) is 37.0 Å². The molecule has 1 aliphatic carbocycles. The standard InChI is InChI=1S/C15H20O4/c1-3-19-14(16)10-15(17)8-7-12-11(9-15)5-4-6-13(12)18-2/h4-6,17H,3,7-10H2,1-2H3/t15-/m0/s1. The first-order valence-electron chi connectivity index (χ1n) is 6.61. The van der Waals surface area contributed by atoms with Crippen LogP contribution in [0.4, 0.5) is 0 Å². The smallest absolute Gasteiger partial charge is 0.308 e. The number of benzene rings is 1. The van der Waals surface area contributed by atoms with Crippen molar-refractivity contribution < 1.29 is 19.4 Å². The third-order valence-corrected chi connectivity index (χ3v) is 3.59. The van der Waals surface area contributed by atoms with Crippen molar-refractivity contribution in [2.75, 3.05) is 13.7 Å². The van der Waals surface area contributed by atoms with E-state index in [4.69, 9.17) is 9.47 Å². The lowest BCUT2D eigenvalue weighted by Crippen LogP contribution is -2.38. The molecular formula is C15H20O4. The highest BCUT2D eigenvalue weighted by Gasteiger charge is 2.35. The summed E-state index contributed by atoms with van der Waals surface area (Å²) < 4.78 is 10.2. The van der Waals surface area contributed by atoms with E-state index in [-0.39, 0.29) is 12.4 Å². The Bertz CT molecular complexity index is 469. The lowest BCUT2D eigenvalue weighted by atomic mass is 9.78. The molecule has 2 rings (SSSR count). The zero-order valence-corrected chi connectivity index (χ0v) is 11.4. The number of aliphatic hydroxyl groups is 1. The number of rotatable bonds is 4. The van der Waals surface area contributed by atoms with Gasteiger partial charge >= 0.3 is 5.97 Å². The summed E-state index contributed by atoms with van der Waals surface area (Å²) in [6.45, 7) is 2.11. The molecule has 0 fully saturated rings. The Morgan fingerprint density at radius 1 is 1.47 bits per heavy atom. The van der Waals surface area contributed by atoms with E-state index >= 15 is 0 Å². The second-order valence-corrected chi connectivity index (χ2v) is 4.98. The molecule has 1 atom stereocenters. The average molecular weight is 264 g/mol. The number of methoxy groups -OCH3 is 1. The SMILES string of the molecule is CCOC(=O)C[C@]1(O)CCc2c(cccc2OC)C1. The summed E-state index contributed by atoms with van der Waals surface area (Å²) in [4.78, 5) is 11.5. The minimum atomic E-state index is -0.994. The van der Waals surface area contributed by atoms with E-state index in [0.717, 1.165) is 23.3 Å². The number of hydrogen-bond donors (Lipinski definition) is 1. The van der Waals surface area contributed by atoms with Crippen molar-refractivity contribution in [1.29, 1.82) is 0 Å². The summed E-state index contributed by atoms with van der Waals surface area (Å²) in [7, 11) is 1.65. The summed E-state index contributed by atoms with van der Waals surface area (Å²) in [5, 5.41) is 10.5. The Morgan fingerprint density at radius 3 is 2.95 bits per heavy atom. The van der Waals surface area contributed by atoms with Crippen LogP contribution in [0.3, 0.4) is 0 Å². The van der Waals surface area contributed by atoms with E-state index in [1.54, 1.807) is 14.0 Å². The molecule has 1 N–H and O–H groups in total. The van der Waals surface area contributed by atoms with E-state index < -0.39 is 5.60 Å². The van der Waals surface area contributed by atoms with Gasteiger partial charge in [-0.25, -0.2) is 0 Å². The molecule has 0 heterocycles. The van der Waals surface area contributed by atoms with Crippen LogP contribution >= 0.6 is 0 Å². The number of esters is 1. The third kappa shape index (κ3) is 3.07. The number of carbonyl (C=O) groups is 1. The van der Waals surface area contributed by atoms with Crippen molar-refractivity contribution in [3.05, 3.63) is 29.3 Å². The van der Waals surface area contributed by atoms with Gasteiger partial charge in [-0.1, -0.05) is 12.1 Å². The van der Waals surface area contributed by atoms with Gasteiger partial charge in [0.15, 0.2) is 0 Å². The van der Waals surface area contributed by atoms with Gasteiger partial charge in [-0.15, -0.1) is 0 Å². The minimum Gasteiger partial charge on any atom is -0.496 e. The first-order chi connectivity index (χ1) is 9.08. The fourth-order valence-electron chi connectivity index (χ4n) is 2.68. The van der Waals surface area contributed by atoms with E-state index in [1.165, 1.54) is 0 Å². The highest BCUT2D eigenvalue weighted by atomic mass is 16.5.